The van der Waals surface area contributed by atoms with Crippen LogP contribution in [-0.2, 0) is 9.59 Å². The molecule has 1 atom stereocenters. The molecular weight excluding hydrogens is 377 g/mol. The number of thioether (sulfide) groups is 1. The summed E-state index contributed by atoms with van der Waals surface area (Å²) in [5.74, 6) is -1.03. The van der Waals surface area contributed by atoms with Crippen LogP contribution in [0.15, 0.2) is 59.6 Å². The number of nitrogens with zero attached hydrogens (tertiary/aromatic N) is 2. The third-order valence-corrected chi connectivity index (χ3v) is 5.43. The average Bonchev–Trinajstić information content (AvgIpc) is 2.97. The van der Waals surface area contributed by atoms with Gasteiger partial charge < -0.3 is 5.32 Å². The molecule has 1 saturated heterocycles. The van der Waals surface area contributed by atoms with Crippen molar-refractivity contribution in [1.29, 1.82) is 0 Å². The van der Waals surface area contributed by atoms with E-state index in [1.807, 2.05) is 30.3 Å². The van der Waals surface area contributed by atoms with Crippen LogP contribution >= 0.6 is 11.8 Å². The van der Waals surface area contributed by atoms with Crippen molar-refractivity contribution < 1.29 is 14.0 Å². The van der Waals surface area contributed by atoms with Crippen molar-refractivity contribution in [3.05, 3.63) is 60.4 Å². The lowest BCUT2D eigenvalue weighted by Crippen LogP contribution is -2.34. The van der Waals surface area contributed by atoms with Crippen LogP contribution in [0.4, 0.5) is 15.8 Å². The molecule has 0 unspecified atom stereocenters. The minimum atomic E-state index is -0.564. The molecule has 0 radical (unpaired) electrons. The number of hydrogen-bond donors (Lipinski definition) is 1. The predicted molar refractivity (Wildman–Crippen MR) is 111 cm³/mol. The Morgan fingerprint density at radius 2 is 1.89 bits per heavy atom. The van der Waals surface area contributed by atoms with Crippen LogP contribution in [0, 0.1) is 5.82 Å². The zero-order valence-corrected chi connectivity index (χ0v) is 16.4. The van der Waals surface area contributed by atoms with Gasteiger partial charge in [0.05, 0.1) is 11.4 Å². The summed E-state index contributed by atoms with van der Waals surface area (Å²) in [6.45, 7) is 2.63. The smallest absolute Gasteiger partial charge is 0.242 e. The van der Waals surface area contributed by atoms with E-state index in [4.69, 9.17) is 0 Å². The van der Waals surface area contributed by atoms with Crippen LogP contribution in [0.25, 0.3) is 0 Å². The van der Waals surface area contributed by atoms with Crippen LogP contribution in [-0.4, -0.2) is 33.7 Å². The summed E-state index contributed by atoms with van der Waals surface area (Å²) in [5.41, 5.74) is 0.875. The van der Waals surface area contributed by atoms with Crippen LogP contribution < -0.4 is 5.32 Å². The molecule has 0 saturated carbocycles. The summed E-state index contributed by atoms with van der Waals surface area (Å²) in [4.78, 5) is 31.4. The molecule has 0 aliphatic carbocycles. The van der Waals surface area contributed by atoms with Crippen molar-refractivity contribution in [2.45, 2.75) is 31.4 Å². The van der Waals surface area contributed by atoms with Gasteiger partial charge in [0, 0.05) is 13.0 Å². The summed E-state index contributed by atoms with van der Waals surface area (Å²) >= 11 is 1.29. The molecule has 0 aromatic heterocycles. The zero-order chi connectivity index (χ0) is 19.9. The van der Waals surface area contributed by atoms with Gasteiger partial charge in [0.1, 0.15) is 11.1 Å². The zero-order valence-electron chi connectivity index (χ0n) is 15.6. The lowest BCUT2D eigenvalue weighted by molar-refractivity contribution is -0.128. The Balaban J connectivity index is 1.73. The van der Waals surface area contributed by atoms with Gasteiger partial charge in [-0.25, -0.2) is 9.38 Å². The molecule has 1 N–H and O–H groups in total. The van der Waals surface area contributed by atoms with Gasteiger partial charge in [0.25, 0.3) is 0 Å². The Labute approximate surface area is 168 Å². The molecule has 1 fully saturated rings. The van der Waals surface area contributed by atoms with E-state index in [2.05, 4.69) is 17.2 Å². The van der Waals surface area contributed by atoms with Crippen LogP contribution in [0.2, 0.25) is 0 Å². The number of rotatable bonds is 7. The van der Waals surface area contributed by atoms with E-state index in [0.29, 0.717) is 11.7 Å². The second-order valence-corrected chi connectivity index (χ2v) is 7.58. The first kappa shape index (κ1) is 20.1. The molecule has 7 heteroatoms. The maximum Gasteiger partial charge on any atom is 0.242 e. The van der Waals surface area contributed by atoms with Crippen molar-refractivity contribution in [2.24, 2.45) is 4.99 Å². The summed E-state index contributed by atoms with van der Waals surface area (Å²) in [6, 6.07) is 15.4. The molecule has 1 aliphatic rings. The highest BCUT2D eigenvalue weighted by Gasteiger charge is 2.38. The van der Waals surface area contributed by atoms with E-state index in [1.165, 1.54) is 23.9 Å². The normalized spacial score (nSPS) is 17.9. The summed E-state index contributed by atoms with van der Waals surface area (Å²) < 4.78 is 13.7. The Morgan fingerprint density at radius 1 is 1.18 bits per heavy atom. The van der Waals surface area contributed by atoms with Gasteiger partial charge >= 0.3 is 0 Å². The topological polar surface area (TPSA) is 61.8 Å². The second kappa shape index (κ2) is 9.50. The minimum absolute atomic E-state index is 0.0335. The highest BCUT2D eigenvalue weighted by molar-refractivity contribution is 8.15. The third-order valence-electron chi connectivity index (χ3n) is 4.25. The maximum absolute atomic E-state index is 13.7. The molecule has 28 heavy (non-hydrogen) atoms. The number of benzene rings is 2. The number of hydrogen-bond acceptors (Lipinski definition) is 4. The van der Waals surface area contributed by atoms with Crippen molar-refractivity contribution in [3.63, 3.8) is 0 Å². The predicted octanol–water partition coefficient (Wildman–Crippen LogP) is 4.59. The van der Waals surface area contributed by atoms with E-state index >= 15 is 0 Å². The van der Waals surface area contributed by atoms with Gasteiger partial charge in [-0.3, -0.25) is 14.5 Å². The molecule has 0 bridgehead atoms. The molecule has 2 amide bonds. The van der Waals surface area contributed by atoms with Gasteiger partial charge in [0.15, 0.2) is 5.17 Å². The SMILES string of the molecule is CCCCN1C(=O)[C@H](CC(=O)Nc2ccccc2F)SC1=Nc1ccccc1. The van der Waals surface area contributed by atoms with Crippen LogP contribution in [0.5, 0.6) is 0 Å². The molecule has 2 aromatic carbocycles. The molecule has 3 rings (SSSR count). The number of para-hydroxylation sites is 2. The first-order valence-electron chi connectivity index (χ1n) is 9.24. The van der Waals surface area contributed by atoms with E-state index < -0.39 is 17.0 Å². The first-order chi connectivity index (χ1) is 13.6. The Morgan fingerprint density at radius 3 is 2.61 bits per heavy atom. The number of amides is 2. The number of aliphatic imine (C=N–C) groups is 1. The van der Waals surface area contributed by atoms with E-state index in [0.717, 1.165) is 18.5 Å². The van der Waals surface area contributed by atoms with E-state index in [9.17, 15) is 14.0 Å². The van der Waals surface area contributed by atoms with E-state index in [1.54, 1.807) is 17.0 Å². The van der Waals surface area contributed by atoms with Crippen molar-refractivity contribution >= 4 is 40.1 Å². The van der Waals surface area contributed by atoms with Gasteiger partial charge in [-0.2, -0.15) is 0 Å². The summed E-state index contributed by atoms with van der Waals surface area (Å²) in [6.07, 6.45) is 1.77. The fourth-order valence-corrected chi connectivity index (χ4v) is 3.98. The number of nitrogens with one attached hydrogen (secondary N) is 1. The molecular formula is C21H22FN3O2S. The Hall–Kier alpha value is -2.67. The quantitative estimate of drug-likeness (QED) is 0.741. The number of amidine groups is 1. The largest absolute Gasteiger partial charge is 0.324 e. The lowest BCUT2D eigenvalue weighted by Gasteiger charge is -2.15. The highest BCUT2D eigenvalue weighted by atomic mass is 32.2. The highest BCUT2D eigenvalue weighted by Crippen LogP contribution is 2.32. The Kier molecular flexibility index (Phi) is 6.81. The number of carbonyl (C=O) groups excluding carboxylic acids is 2. The average molecular weight is 399 g/mol. The van der Waals surface area contributed by atoms with Crippen molar-refractivity contribution in [2.75, 3.05) is 11.9 Å². The Bertz CT molecular complexity index is 873. The lowest BCUT2D eigenvalue weighted by atomic mass is 10.2. The van der Waals surface area contributed by atoms with Crippen LogP contribution in [0.3, 0.4) is 0 Å². The standard InChI is InChI=1S/C21H22FN3O2S/c1-2-3-13-25-20(27)18(28-21(25)23-15-9-5-4-6-10-15)14-19(26)24-17-12-8-7-11-16(17)22/h4-12,18H,2-3,13-14H2,1H3,(H,24,26)/t18-/m0/s1. The van der Waals surface area contributed by atoms with Gasteiger partial charge in [-0.05, 0) is 30.7 Å². The fraction of sp³-hybridized carbons (Fsp3) is 0.286. The minimum Gasteiger partial charge on any atom is -0.324 e. The molecule has 1 heterocycles. The van der Waals surface area contributed by atoms with Crippen molar-refractivity contribution in [1.82, 2.24) is 4.90 Å². The number of halogens is 1. The van der Waals surface area contributed by atoms with Gasteiger partial charge in [-0.1, -0.05) is 55.4 Å². The maximum atomic E-state index is 13.7. The molecule has 146 valence electrons. The second-order valence-electron chi connectivity index (χ2n) is 6.41. The molecule has 1 aliphatic heterocycles. The fourth-order valence-electron chi connectivity index (χ4n) is 2.79. The van der Waals surface area contributed by atoms with Gasteiger partial charge in [0.2, 0.25) is 11.8 Å². The summed E-state index contributed by atoms with van der Waals surface area (Å²) in [7, 11) is 0. The molecule has 5 nitrogen and oxygen atoms in total. The van der Waals surface area contributed by atoms with E-state index in [-0.39, 0.29) is 18.0 Å². The number of anilines is 1. The first-order valence-corrected chi connectivity index (χ1v) is 10.1. The third kappa shape index (κ3) is 4.98. The van der Waals surface area contributed by atoms with Crippen LogP contribution in [0.1, 0.15) is 26.2 Å². The van der Waals surface area contributed by atoms with Gasteiger partial charge in [-0.15, -0.1) is 0 Å². The molecule has 2 aromatic rings. The number of carbonyl (C=O) groups is 2. The monoisotopic (exact) mass is 399 g/mol. The summed E-state index contributed by atoms with van der Waals surface area (Å²) in [5, 5.41) is 2.58. The number of unbranched alkanes of at least 4 members (excludes halogenated alkanes) is 1. The van der Waals surface area contributed by atoms with Crippen molar-refractivity contribution in [3.8, 4) is 0 Å². The molecule has 0 spiro atoms.